The predicted octanol–water partition coefficient (Wildman–Crippen LogP) is 3.96. The zero-order chi connectivity index (χ0) is 35.3. The van der Waals surface area contributed by atoms with Crippen LogP contribution in [0.25, 0.3) is 0 Å². The van der Waals surface area contributed by atoms with E-state index >= 15 is 0 Å². The molecule has 11 heteroatoms. The van der Waals surface area contributed by atoms with Gasteiger partial charge in [-0.1, -0.05) is 36.9 Å². The first-order chi connectivity index (χ1) is 21.8. The Bertz CT molecular complexity index is 1090. The molecule has 0 bridgehead atoms. The molecule has 0 aromatic heterocycles. The van der Waals surface area contributed by atoms with E-state index in [0.29, 0.717) is 64.7 Å². The number of ether oxygens (including phenoxy) is 4. The van der Waals surface area contributed by atoms with Gasteiger partial charge in [-0.15, -0.1) is 0 Å². The Morgan fingerprint density at radius 1 is 0.553 bits per heavy atom. The molecule has 1 aromatic carbocycles. The molecule has 0 radical (unpaired) electrons. The number of nitrogens with zero attached hydrogens (tertiary/aromatic N) is 4. The van der Waals surface area contributed by atoms with Crippen LogP contribution in [0.3, 0.4) is 0 Å². The average Bonchev–Trinajstić information content (AvgIpc) is 2.90. The Kier molecular flexibility index (Phi) is 15.8. The lowest BCUT2D eigenvalue weighted by molar-refractivity contribution is -0.158. The lowest BCUT2D eigenvalue weighted by Gasteiger charge is -2.34. The van der Waals surface area contributed by atoms with Gasteiger partial charge in [0.2, 0.25) is 0 Å². The molecule has 0 spiro atoms. The van der Waals surface area contributed by atoms with Gasteiger partial charge in [0.1, 0.15) is 29.2 Å². The zero-order valence-electron chi connectivity index (χ0n) is 30.4. The zero-order valence-corrected chi connectivity index (χ0v) is 30.4. The summed E-state index contributed by atoms with van der Waals surface area (Å²) in [6.07, 6.45) is 0. The van der Waals surface area contributed by atoms with Gasteiger partial charge in [-0.2, -0.15) is 0 Å². The second-order valence-corrected chi connectivity index (χ2v) is 15.2. The lowest BCUT2D eigenvalue weighted by Crippen LogP contribution is -2.49. The van der Waals surface area contributed by atoms with Gasteiger partial charge in [-0.05, 0) is 67.9 Å². The first-order valence-electron chi connectivity index (χ1n) is 16.7. The molecular weight excluding hydrogens is 600 g/mol. The van der Waals surface area contributed by atoms with E-state index in [1.165, 1.54) is 0 Å². The molecule has 1 saturated heterocycles. The molecule has 11 nitrogen and oxygen atoms in total. The summed E-state index contributed by atoms with van der Waals surface area (Å²) < 4.78 is 22.9. The van der Waals surface area contributed by atoms with E-state index in [4.69, 9.17) is 18.9 Å². The first kappa shape index (κ1) is 40.2. The largest absolute Gasteiger partial charge is 0.492 e. The molecule has 0 unspecified atom stereocenters. The van der Waals surface area contributed by atoms with Crippen molar-refractivity contribution in [2.75, 3.05) is 78.5 Å². The quantitative estimate of drug-likeness (QED) is 0.196. The maximum Gasteiger partial charge on any atom is 0.320 e. The van der Waals surface area contributed by atoms with Crippen LogP contribution < -0.4 is 0 Å². The molecular formula is C36H60N4O7. The number of rotatable bonds is 11. The molecule has 266 valence electrons. The molecule has 47 heavy (non-hydrogen) atoms. The fourth-order valence-electron chi connectivity index (χ4n) is 5.00. The van der Waals surface area contributed by atoms with Crippen LogP contribution >= 0.6 is 0 Å². The predicted molar refractivity (Wildman–Crippen MR) is 184 cm³/mol. The van der Waals surface area contributed by atoms with Crippen LogP contribution in [0.1, 0.15) is 67.9 Å². The Hall–Kier alpha value is -2.99. The molecule has 1 aromatic rings. The number of hydrogen-bond donors (Lipinski definition) is 0. The van der Waals surface area contributed by atoms with Crippen molar-refractivity contribution in [3.05, 3.63) is 48.2 Å². The monoisotopic (exact) mass is 660 g/mol. The molecule has 2 rings (SSSR count). The fourth-order valence-corrected chi connectivity index (χ4v) is 5.00. The molecule has 1 fully saturated rings. The van der Waals surface area contributed by atoms with E-state index in [9.17, 15) is 14.4 Å². The first-order valence-corrected chi connectivity index (χ1v) is 16.7. The minimum absolute atomic E-state index is 0.0972. The summed E-state index contributed by atoms with van der Waals surface area (Å²) in [4.78, 5) is 47.1. The van der Waals surface area contributed by atoms with Crippen LogP contribution in [0.5, 0.6) is 0 Å². The van der Waals surface area contributed by atoms with Crippen molar-refractivity contribution < 1.29 is 33.3 Å². The van der Waals surface area contributed by atoms with Gasteiger partial charge in [-0.25, -0.2) is 0 Å². The highest BCUT2D eigenvalue weighted by Gasteiger charge is 2.25. The SMILES string of the molecule is C=C(CN1CCN(CC(=O)OCc2ccccc2)CCN(CC(=O)OC(C)(C)C)CCN(CC(=O)OC(C)(C)C)CC1)OC(C)(C)C. The van der Waals surface area contributed by atoms with Crippen molar-refractivity contribution in [3.63, 3.8) is 0 Å². The minimum Gasteiger partial charge on any atom is -0.492 e. The topological polar surface area (TPSA) is 101 Å². The number of hydrogen-bond acceptors (Lipinski definition) is 11. The van der Waals surface area contributed by atoms with Crippen molar-refractivity contribution in [2.45, 2.75) is 85.7 Å². The standard InChI is InChI=1S/C36H60N4O7/c1-29(45-34(2,3)4)24-37-16-18-38(25-31(41)44-28-30-14-12-11-13-15-30)20-21-40(27-33(43)47-36(8,9)10)23-22-39(19-17-37)26-32(42)46-35(5,6)7/h11-15H,1,16-28H2,2-10H3. The average molecular weight is 661 g/mol. The maximum absolute atomic E-state index is 13.0. The smallest absolute Gasteiger partial charge is 0.320 e. The minimum atomic E-state index is -0.606. The van der Waals surface area contributed by atoms with Crippen LogP contribution in [0.2, 0.25) is 0 Å². The Labute approximate surface area is 283 Å². The summed E-state index contributed by atoms with van der Waals surface area (Å²) in [7, 11) is 0. The molecule has 0 saturated carbocycles. The highest BCUT2D eigenvalue weighted by atomic mass is 16.6. The van der Waals surface area contributed by atoms with Gasteiger partial charge in [0.15, 0.2) is 0 Å². The summed E-state index contributed by atoms with van der Waals surface area (Å²) in [5, 5.41) is 0. The van der Waals surface area contributed by atoms with E-state index in [2.05, 4.69) is 21.3 Å². The summed E-state index contributed by atoms with van der Waals surface area (Å²) in [5.74, 6) is -0.271. The number of carbonyl (C=O) groups excluding carboxylic acids is 3. The molecule has 1 aliphatic rings. The summed E-state index contributed by atoms with van der Waals surface area (Å²) in [6.45, 7) is 26.8. The van der Waals surface area contributed by atoms with Crippen LogP contribution in [-0.2, 0) is 39.9 Å². The second kappa shape index (κ2) is 18.5. The van der Waals surface area contributed by atoms with Gasteiger partial charge in [-0.3, -0.25) is 34.0 Å². The van der Waals surface area contributed by atoms with Gasteiger partial charge >= 0.3 is 17.9 Å². The van der Waals surface area contributed by atoms with Gasteiger partial charge in [0.25, 0.3) is 0 Å². The highest BCUT2D eigenvalue weighted by Crippen LogP contribution is 2.14. The second-order valence-electron chi connectivity index (χ2n) is 15.2. The molecule has 0 N–H and O–H groups in total. The van der Waals surface area contributed by atoms with Crippen molar-refractivity contribution >= 4 is 17.9 Å². The molecule has 0 atom stereocenters. The van der Waals surface area contributed by atoms with Crippen LogP contribution in [0.4, 0.5) is 0 Å². The maximum atomic E-state index is 13.0. The van der Waals surface area contributed by atoms with E-state index in [1.807, 2.05) is 97.5 Å². The van der Waals surface area contributed by atoms with Crippen LogP contribution in [0, 0.1) is 0 Å². The highest BCUT2D eigenvalue weighted by molar-refractivity contribution is 5.73. The summed E-state index contributed by atoms with van der Waals surface area (Å²) in [6, 6.07) is 9.61. The van der Waals surface area contributed by atoms with E-state index in [1.54, 1.807) is 0 Å². The Morgan fingerprint density at radius 2 is 0.894 bits per heavy atom. The van der Waals surface area contributed by atoms with Crippen molar-refractivity contribution in [2.24, 2.45) is 0 Å². The van der Waals surface area contributed by atoms with Crippen LogP contribution in [0.15, 0.2) is 42.7 Å². The van der Waals surface area contributed by atoms with Crippen molar-refractivity contribution in [3.8, 4) is 0 Å². The van der Waals surface area contributed by atoms with Gasteiger partial charge in [0.05, 0.1) is 26.2 Å². The summed E-state index contributed by atoms with van der Waals surface area (Å²) >= 11 is 0. The van der Waals surface area contributed by atoms with Gasteiger partial charge in [0, 0.05) is 52.4 Å². The van der Waals surface area contributed by atoms with Gasteiger partial charge < -0.3 is 18.9 Å². The lowest BCUT2D eigenvalue weighted by atomic mass is 10.2. The molecule has 1 aliphatic heterocycles. The molecule has 1 heterocycles. The number of carbonyl (C=O) groups is 3. The fraction of sp³-hybridized carbons (Fsp3) is 0.694. The third-order valence-corrected chi connectivity index (χ3v) is 6.92. The Balaban J connectivity index is 2.25. The van der Waals surface area contributed by atoms with Crippen molar-refractivity contribution in [1.82, 2.24) is 19.6 Å². The van der Waals surface area contributed by atoms with Crippen LogP contribution in [-0.4, -0.2) is 133 Å². The van der Waals surface area contributed by atoms with E-state index in [-0.39, 0.29) is 49.8 Å². The van der Waals surface area contributed by atoms with E-state index < -0.39 is 11.2 Å². The molecule has 0 aliphatic carbocycles. The van der Waals surface area contributed by atoms with Crippen molar-refractivity contribution in [1.29, 1.82) is 0 Å². The third-order valence-electron chi connectivity index (χ3n) is 6.92. The van der Waals surface area contributed by atoms with E-state index in [0.717, 1.165) is 5.56 Å². The Morgan fingerprint density at radius 3 is 1.26 bits per heavy atom. The summed E-state index contributed by atoms with van der Waals surface area (Å²) in [5.41, 5.74) is -0.645. The normalized spacial score (nSPS) is 17.2. The number of esters is 3. The third kappa shape index (κ3) is 19.4. The number of benzene rings is 1. The molecule has 0 amide bonds.